The van der Waals surface area contributed by atoms with Crippen molar-refractivity contribution in [2.75, 3.05) is 11.9 Å². The minimum Gasteiger partial charge on any atom is -0.349 e. The van der Waals surface area contributed by atoms with Crippen molar-refractivity contribution in [1.29, 1.82) is 0 Å². The van der Waals surface area contributed by atoms with Gasteiger partial charge in [-0.05, 0) is 12.8 Å². The van der Waals surface area contributed by atoms with Crippen LogP contribution in [0.1, 0.15) is 46.2 Å². The van der Waals surface area contributed by atoms with Crippen molar-refractivity contribution >= 4 is 28.3 Å². The first-order chi connectivity index (χ1) is 10.4. The van der Waals surface area contributed by atoms with Crippen LogP contribution in [0.4, 0.5) is 5.13 Å². The molecule has 1 aromatic heterocycles. The second-order valence-electron chi connectivity index (χ2n) is 5.70. The lowest BCUT2D eigenvalue weighted by atomic mass is 9.92. The lowest BCUT2D eigenvalue weighted by molar-refractivity contribution is -0.122. The molecule has 0 bridgehead atoms. The van der Waals surface area contributed by atoms with E-state index in [0.29, 0.717) is 17.4 Å². The van der Waals surface area contributed by atoms with Gasteiger partial charge in [0.05, 0.1) is 17.7 Å². The summed E-state index contributed by atoms with van der Waals surface area (Å²) in [6, 6.07) is 0. The summed E-state index contributed by atoms with van der Waals surface area (Å²) in [6.07, 6.45) is 1.77. The van der Waals surface area contributed by atoms with Crippen molar-refractivity contribution in [3.8, 4) is 0 Å². The molecule has 4 N–H and O–H groups in total. The Bertz CT molecular complexity index is 501. The van der Waals surface area contributed by atoms with E-state index in [-0.39, 0.29) is 29.7 Å². The number of hydrogen-bond acceptors (Lipinski definition) is 5. The monoisotopic (exact) mass is 326 g/mol. The normalized spacial score (nSPS) is 11.5. The summed E-state index contributed by atoms with van der Waals surface area (Å²) >= 11 is 1.32. The maximum absolute atomic E-state index is 12.2. The maximum Gasteiger partial charge on any atom is 0.228 e. The smallest absolute Gasteiger partial charge is 0.228 e. The largest absolute Gasteiger partial charge is 0.349 e. The van der Waals surface area contributed by atoms with E-state index in [9.17, 15) is 9.59 Å². The summed E-state index contributed by atoms with van der Waals surface area (Å²) in [5.41, 5.74) is 6.09. The third-order valence-corrected chi connectivity index (χ3v) is 4.60. The Balaban J connectivity index is 2.62. The molecule has 2 amide bonds. The fourth-order valence-corrected chi connectivity index (χ4v) is 2.68. The zero-order chi connectivity index (χ0) is 16.8. The average molecular weight is 326 g/mol. The van der Waals surface area contributed by atoms with E-state index in [2.05, 4.69) is 15.6 Å². The number of rotatable bonds is 8. The van der Waals surface area contributed by atoms with E-state index in [4.69, 9.17) is 5.73 Å². The molecule has 0 aromatic carbocycles. The predicted octanol–water partition coefficient (Wildman–Crippen LogP) is 1.91. The highest BCUT2D eigenvalue weighted by Crippen LogP contribution is 2.18. The molecule has 124 valence electrons. The Morgan fingerprint density at radius 3 is 2.50 bits per heavy atom. The molecule has 1 aromatic rings. The molecule has 1 heterocycles. The van der Waals surface area contributed by atoms with Crippen LogP contribution in [0, 0.1) is 5.92 Å². The maximum atomic E-state index is 12.2. The Morgan fingerprint density at radius 1 is 1.36 bits per heavy atom. The lowest BCUT2D eigenvalue weighted by Gasteiger charge is -2.31. The molecular formula is C15H26N4O2S. The molecular weight excluding hydrogens is 300 g/mol. The number of amides is 2. The SMILES string of the molecule is CCC(CC)(CN)NC(=O)Cc1csc(NC(=O)C(C)C)n1. The number of carbonyl (C=O) groups excluding carboxylic acids is 2. The highest BCUT2D eigenvalue weighted by molar-refractivity contribution is 7.13. The molecule has 0 aliphatic carbocycles. The van der Waals surface area contributed by atoms with Gasteiger partial charge in [-0.15, -0.1) is 11.3 Å². The first kappa shape index (κ1) is 18.6. The summed E-state index contributed by atoms with van der Waals surface area (Å²) in [4.78, 5) is 28.0. The first-order valence-corrected chi connectivity index (χ1v) is 8.50. The van der Waals surface area contributed by atoms with Gasteiger partial charge in [-0.3, -0.25) is 9.59 Å². The standard InChI is InChI=1S/C15H26N4O2S/c1-5-15(6-2,9-16)19-12(20)7-11-8-22-14(17-11)18-13(21)10(3)4/h8,10H,5-7,9,16H2,1-4H3,(H,19,20)(H,17,18,21). The van der Waals surface area contributed by atoms with Crippen LogP contribution >= 0.6 is 11.3 Å². The van der Waals surface area contributed by atoms with E-state index in [0.717, 1.165) is 12.8 Å². The van der Waals surface area contributed by atoms with E-state index in [1.54, 1.807) is 5.38 Å². The summed E-state index contributed by atoms with van der Waals surface area (Å²) < 4.78 is 0. The second-order valence-corrected chi connectivity index (χ2v) is 6.56. The van der Waals surface area contributed by atoms with Gasteiger partial charge in [0, 0.05) is 17.8 Å². The Hall–Kier alpha value is -1.47. The summed E-state index contributed by atoms with van der Waals surface area (Å²) in [5.74, 6) is -0.277. The van der Waals surface area contributed by atoms with Crippen LogP contribution in [-0.4, -0.2) is 28.9 Å². The van der Waals surface area contributed by atoms with Crippen LogP contribution in [0.5, 0.6) is 0 Å². The molecule has 0 saturated carbocycles. The van der Waals surface area contributed by atoms with Gasteiger partial charge in [0.25, 0.3) is 0 Å². The van der Waals surface area contributed by atoms with Crippen molar-refractivity contribution in [3.05, 3.63) is 11.1 Å². The van der Waals surface area contributed by atoms with E-state index in [1.165, 1.54) is 11.3 Å². The molecule has 6 nitrogen and oxygen atoms in total. The molecule has 1 rings (SSSR count). The number of anilines is 1. The Labute approximate surface area is 135 Å². The van der Waals surface area contributed by atoms with Crippen LogP contribution in [0.3, 0.4) is 0 Å². The van der Waals surface area contributed by atoms with Gasteiger partial charge in [-0.1, -0.05) is 27.7 Å². The number of hydrogen-bond donors (Lipinski definition) is 3. The van der Waals surface area contributed by atoms with Gasteiger partial charge < -0.3 is 16.4 Å². The quantitative estimate of drug-likeness (QED) is 0.680. The van der Waals surface area contributed by atoms with Crippen LogP contribution in [0.15, 0.2) is 5.38 Å². The summed E-state index contributed by atoms with van der Waals surface area (Å²) in [6.45, 7) is 8.08. The number of thiazole rings is 1. The topological polar surface area (TPSA) is 97.1 Å². The molecule has 0 radical (unpaired) electrons. The fourth-order valence-electron chi connectivity index (χ4n) is 1.97. The van der Waals surface area contributed by atoms with E-state index >= 15 is 0 Å². The van der Waals surface area contributed by atoms with Crippen molar-refractivity contribution in [2.24, 2.45) is 11.7 Å². The zero-order valence-electron chi connectivity index (χ0n) is 13.7. The van der Waals surface area contributed by atoms with Gasteiger partial charge in [0.2, 0.25) is 11.8 Å². The number of nitrogens with zero attached hydrogens (tertiary/aromatic N) is 1. The molecule has 0 aliphatic rings. The zero-order valence-corrected chi connectivity index (χ0v) is 14.5. The second kappa shape index (κ2) is 8.24. The highest BCUT2D eigenvalue weighted by Gasteiger charge is 2.26. The number of aromatic nitrogens is 1. The minimum absolute atomic E-state index is 0.0792. The molecule has 0 aliphatic heterocycles. The molecule has 0 fully saturated rings. The van der Waals surface area contributed by atoms with Gasteiger partial charge >= 0.3 is 0 Å². The van der Waals surface area contributed by atoms with E-state index in [1.807, 2.05) is 27.7 Å². The molecule has 0 atom stereocenters. The van der Waals surface area contributed by atoms with Gasteiger partial charge in [0.1, 0.15) is 0 Å². The van der Waals surface area contributed by atoms with E-state index < -0.39 is 0 Å². The molecule has 0 saturated heterocycles. The molecule has 0 unspecified atom stereocenters. The fraction of sp³-hybridized carbons (Fsp3) is 0.667. The Morgan fingerprint density at radius 2 is 2.00 bits per heavy atom. The van der Waals surface area contributed by atoms with Crippen LogP contribution < -0.4 is 16.4 Å². The Kier molecular flexibility index (Phi) is 6.96. The first-order valence-electron chi connectivity index (χ1n) is 7.62. The lowest BCUT2D eigenvalue weighted by Crippen LogP contribution is -2.53. The molecule has 0 spiro atoms. The molecule has 22 heavy (non-hydrogen) atoms. The van der Waals surface area contributed by atoms with Crippen LogP contribution in [0.25, 0.3) is 0 Å². The van der Waals surface area contributed by atoms with Gasteiger partial charge in [0.15, 0.2) is 5.13 Å². The third kappa shape index (κ3) is 5.06. The minimum atomic E-state index is -0.345. The predicted molar refractivity (Wildman–Crippen MR) is 89.8 cm³/mol. The number of carbonyl (C=O) groups is 2. The molecule has 7 heteroatoms. The van der Waals surface area contributed by atoms with Gasteiger partial charge in [-0.25, -0.2) is 4.98 Å². The van der Waals surface area contributed by atoms with Crippen molar-refractivity contribution in [3.63, 3.8) is 0 Å². The summed E-state index contributed by atoms with van der Waals surface area (Å²) in [7, 11) is 0. The van der Waals surface area contributed by atoms with Crippen molar-refractivity contribution < 1.29 is 9.59 Å². The highest BCUT2D eigenvalue weighted by atomic mass is 32.1. The average Bonchev–Trinajstić information content (AvgIpc) is 2.91. The third-order valence-electron chi connectivity index (χ3n) is 3.80. The van der Waals surface area contributed by atoms with Crippen molar-refractivity contribution in [1.82, 2.24) is 10.3 Å². The van der Waals surface area contributed by atoms with Crippen LogP contribution in [-0.2, 0) is 16.0 Å². The van der Waals surface area contributed by atoms with Crippen LogP contribution in [0.2, 0.25) is 0 Å². The number of nitrogens with one attached hydrogen (secondary N) is 2. The van der Waals surface area contributed by atoms with Crippen molar-refractivity contribution in [2.45, 2.75) is 52.5 Å². The summed E-state index contributed by atoms with van der Waals surface area (Å²) in [5, 5.41) is 8.06. The van der Waals surface area contributed by atoms with Gasteiger partial charge in [-0.2, -0.15) is 0 Å². The number of nitrogens with two attached hydrogens (primary N) is 1.